The summed E-state index contributed by atoms with van der Waals surface area (Å²) in [4.78, 5) is 0. The van der Waals surface area contributed by atoms with E-state index in [1.165, 1.54) is 0 Å². The first-order valence-corrected chi connectivity index (χ1v) is 3.55. The number of piperidine rings is 1. The summed E-state index contributed by atoms with van der Waals surface area (Å²) in [6.45, 7) is -0.0472. The molecular weight excluding hydrogens is 150 g/mol. The van der Waals surface area contributed by atoms with Gasteiger partial charge in [-0.15, -0.1) is 0 Å². The van der Waals surface area contributed by atoms with E-state index in [1.807, 2.05) is 0 Å². The summed E-state index contributed by atoms with van der Waals surface area (Å²) in [5.41, 5.74) is 0. The molecule has 1 fully saturated rings. The van der Waals surface area contributed by atoms with Crippen molar-refractivity contribution in [3.05, 3.63) is 0 Å². The van der Waals surface area contributed by atoms with Crippen molar-refractivity contribution < 1.29 is 20.4 Å². The van der Waals surface area contributed by atoms with Gasteiger partial charge in [-0.3, -0.25) is 0 Å². The monoisotopic (exact) mass is 163 g/mol. The van der Waals surface area contributed by atoms with E-state index in [1.54, 1.807) is 0 Å². The van der Waals surface area contributed by atoms with Crippen LogP contribution in [0, 0.1) is 0 Å². The maximum Gasteiger partial charge on any atom is 0.109 e. The first-order chi connectivity index (χ1) is 5.16. The molecule has 0 aliphatic carbocycles. The van der Waals surface area contributed by atoms with Crippen LogP contribution in [0.25, 0.3) is 0 Å². The summed E-state index contributed by atoms with van der Waals surface area (Å²) >= 11 is 0. The van der Waals surface area contributed by atoms with Gasteiger partial charge in [0.05, 0.1) is 24.9 Å². The molecule has 2 unspecified atom stereocenters. The minimum atomic E-state index is -1.16. The van der Waals surface area contributed by atoms with Gasteiger partial charge in [0.15, 0.2) is 0 Å². The summed E-state index contributed by atoms with van der Waals surface area (Å²) < 4.78 is 0. The molecule has 0 bridgehead atoms. The molecule has 0 aromatic rings. The molecule has 1 aliphatic heterocycles. The molecule has 5 nitrogen and oxygen atoms in total. The van der Waals surface area contributed by atoms with Gasteiger partial charge >= 0.3 is 0 Å². The summed E-state index contributed by atoms with van der Waals surface area (Å²) in [6, 6.07) is -0.534. The van der Waals surface area contributed by atoms with Crippen molar-refractivity contribution in [3.63, 3.8) is 0 Å². The highest BCUT2D eigenvalue weighted by molar-refractivity contribution is 4.91. The Kier molecular flexibility index (Phi) is 2.80. The molecule has 0 aromatic heterocycles. The van der Waals surface area contributed by atoms with E-state index in [0.717, 1.165) is 0 Å². The van der Waals surface area contributed by atoms with Gasteiger partial charge in [-0.25, -0.2) is 0 Å². The fourth-order valence-electron chi connectivity index (χ4n) is 1.15. The van der Waals surface area contributed by atoms with Crippen LogP contribution in [0.2, 0.25) is 0 Å². The van der Waals surface area contributed by atoms with Crippen LogP contribution < -0.4 is 5.32 Å². The summed E-state index contributed by atoms with van der Waals surface area (Å²) in [5, 5.41) is 38.6. The van der Waals surface area contributed by atoms with E-state index in [2.05, 4.69) is 5.32 Å². The SMILES string of the molecule is OCC1NCC(O)[C@H](O)[C@@H]1O. The zero-order valence-electron chi connectivity index (χ0n) is 6.01. The number of nitrogens with one attached hydrogen (secondary N) is 1. The molecule has 0 aromatic carbocycles. The fourth-order valence-corrected chi connectivity index (χ4v) is 1.15. The van der Waals surface area contributed by atoms with Crippen LogP contribution >= 0.6 is 0 Å². The van der Waals surface area contributed by atoms with Gasteiger partial charge in [0.25, 0.3) is 0 Å². The lowest BCUT2D eigenvalue weighted by Gasteiger charge is -2.34. The highest BCUT2D eigenvalue weighted by Crippen LogP contribution is 2.09. The largest absolute Gasteiger partial charge is 0.395 e. The Morgan fingerprint density at radius 1 is 1.18 bits per heavy atom. The number of rotatable bonds is 1. The van der Waals surface area contributed by atoms with E-state index in [9.17, 15) is 5.11 Å². The average molecular weight is 163 g/mol. The van der Waals surface area contributed by atoms with Gasteiger partial charge in [-0.05, 0) is 0 Å². The molecule has 1 rings (SSSR count). The van der Waals surface area contributed by atoms with Crippen molar-refractivity contribution in [3.8, 4) is 0 Å². The summed E-state index contributed by atoms with van der Waals surface area (Å²) in [7, 11) is 0. The van der Waals surface area contributed by atoms with Crippen molar-refractivity contribution >= 4 is 0 Å². The third kappa shape index (κ3) is 1.69. The van der Waals surface area contributed by atoms with Crippen molar-refractivity contribution in [2.75, 3.05) is 13.2 Å². The zero-order valence-corrected chi connectivity index (χ0v) is 6.01. The quantitative estimate of drug-likeness (QED) is 0.285. The number of hydrogen-bond acceptors (Lipinski definition) is 5. The highest BCUT2D eigenvalue weighted by atomic mass is 16.4. The zero-order chi connectivity index (χ0) is 8.43. The minimum Gasteiger partial charge on any atom is -0.395 e. The highest BCUT2D eigenvalue weighted by Gasteiger charge is 2.35. The molecule has 5 heteroatoms. The van der Waals surface area contributed by atoms with Gasteiger partial charge in [-0.2, -0.15) is 0 Å². The van der Waals surface area contributed by atoms with Crippen LogP contribution in [0.4, 0.5) is 0 Å². The van der Waals surface area contributed by atoms with Crippen molar-refractivity contribution in [1.29, 1.82) is 0 Å². The van der Waals surface area contributed by atoms with Crippen molar-refractivity contribution in [2.24, 2.45) is 0 Å². The fraction of sp³-hybridized carbons (Fsp3) is 1.00. The molecule has 1 heterocycles. The molecule has 0 spiro atoms. The Morgan fingerprint density at radius 3 is 2.36 bits per heavy atom. The second-order valence-corrected chi connectivity index (χ2v) is 2.75. The molecule has 11 heavy (non-hydrogen) atoms. The second kappa shape index (κ2) is 3.46. The van der Waals surface area contributed by atoms with Gasteiger partial charge in [0.1, 0.15) is 6.10 Å². The van der Waals surface area contributed by atoms with Crippen LogP contribution in [0.1, 0.15) is 0 Å². The van der Waals surface area contributed by atoms with Crippen LogP contribution in [0.15, 0.2) is 0 Å². The Hall–Kier alpha value is -0.200. The standard InChI is InChI=1S/C6H13NO4/c8-2-3-5(10)6(11)4(9)1-7-3/h3-11H,1-2H2/t3?,4?,5-,6+/m1/s1. The Bertz CT molecular complexity index is 130. The van der Waals surface area contributed by atoms with Crippen LogP contribution in [0.3, 0.4) is 0 Å². The third-order valence-corrected chi connectivity index (χ3v) is 1.94. The van der Waals surface area contributed by atoms with Gasteiger partial charge < -0.3 is 25.7 Å². The average Bonchev–Trinajstić information content (AvgIpc) is 2.01. The number of aliphatic hydroxyl groups is 4. The van der Waals surface area contributed by atoms with Crippen LogP contribution in [-0.4, -0.2) is 57.9 Å². The third-order valence-electron chi connectivity index (χ3n) is 1.94. The smallest absolute Gasteiger partial charge is 0.109 e. The van der Waals surface area contributed by atoms with Crippen LogP contribution in [-0.2, 0) is 0 Å². The van der Waals surface area contributed by atoms with Gasteiger partial charge in [0.2, 0.25) is 0 Å². The number of hydrogen-bond donors (Lipinski definition) is 5. The lowest BCUT2D eigenvalue weighted by molar-refractivity contribution is -0.101. The van der Waals surface area contributed by atoms with E-state index in [4.69, 9.17) is 15.3 Å². The Labute approximate surface area is 64.3 Å². The molecule has 5 N–H and O–H groups in total. The first kappa shape index (κ1) is 8.89. The van der Waals surface area contributed by atoms with Crippen molar-refractivity contribution in [1.82, 2.24) is 5.32 Å². The molecule has 0 radical (unpaired) electrons. The van der Waals surface area contributed by atoms with Gasteiger partial charge in [-0.1, -0.05) is 0 Å². The predicted octanol–water partition coefficient (Wildman–Crippen LogP) is -2.97. The predicted molar refractivity (Wildman–Crippen MR) is 36.9 cm³/mol. The second-order valence-electron chi connectivity index (χ2n) is 2.75. The lowest BCUT2D eigenvalue weighted by Crippen LogP contribution is -2.60. The molecule has 66 valence electrons. The maximum absolute atomic E-state index is 9.18. The summed E-state index contributed by atoms with van der Waals surface area (Å²) in [5.74, 6) is 0. The van der Waals surface area contributed by atoms with Crippen LogP contribution in [0.5, 0.6) is 0 Å². The normalized spacial score (nSPS) is 45.8. The summed E-state index contributed by atoms with van der Waals surface area (Å²) in [6.07, 6.45) is -3.20. The van der Waals surface area contributed by atoms with E-state index >= 15 is 0 Å². The van der Waals surface area contributed by atoms with Gasteiger partial charge in [0, 0.05) is 6.54 Å². The van der Waals surface area contributed by atoms with Crippen molar-refractivity contribution in [2.45, 2.75) is 24.4 Å². The number of β-amino-alcohol motifs (C(OH)–C–C–N with tert-alkyl or cyclic N) is 1. The topological polar surface area (TPSA) is 93.0 Å². The maximum atomic E-state index is 9.18. The lowest BCUT2D eigenvalue weighted by atomic mass is 9.97. The Balaban J connectivity index is 2.52. The molecular formula is C6H13NO4. The van der Waals surface area contributed by atoms with E-state index < -0.39 is 24.4 Å². The molecule has 1 aliphatic rings. The minimum absolute atomic E-state index is 0.198. The molecule has 0 amide bonds. The molecule has 0 saturated carbocycles. The van der Waals surface area contributed by atoms with E-state index in [-0.39, 0.29) is 13.2 Å². The number of aliphatic hydroxyl groups excluding tert-OH is 4. The molecule has 4 atom stereocenters. The van der Waals surface area contributed by atoms with E-state index in [0.29, 0.717) is 0 Å². The Morgan fingerprint density at radius 2 is 1.82 bits per heavy atom. The first-order valence-electron chi connectivity index (χ1n) is 3.55. The molecule has 1 saturated heterocycles.